The van der Waals surface area contributed by atoms with E-state index in [1.54, 1.807) is 7.11 Å². The molecule has 1 fully saturated rings. The van der Waals surface area contributed by atoms with Crippen LogP contribution in [-0.4, -0.2) is 52.3 Å². The number of benzene rings is 2. The molecule has 1 atom stereocenters. The molecule has 0 aliphatic carbocycles. The summed E-state index contributed by atoms with van der Waals surface area (Å²) in [6.07, 6.45) is 6.70. The topological polar surface area (TPSA) is 52.1 Å². The van der Waals surface area contributed by atoms with Crippen LogP contribution in [-0.2, 0) is 6.54 Å². The lowest BCUT2D eigenvalue weighted by Gasteiger charge is -2.36. The number of nitrogens with one attached hydrogen (secondary N) is 2. The van der Waals surface area contributed by atoms with E-state index >= 15 is 0 Å². The fraction of sp³-hybridized carbons (Fsp3) is 0.400. The summed E-state index contributed by atoms with van der Waals surface area (Å²) in [5.41, 5.74) is 3.68. The Morgan fingerprint density at radius 3 is 2.58 bits per heavy atom. The number of anilines is 2. The zero-order chi connectivity index (χ0) is 21.5. The molecule has 1 saturated heterocycles. The van der Waals surface area contributed by atoms with Gasteiger partial charge in [0.15, 0.2) is 5.96 Å². The average molecular weight is 420 g/mol. The van der Waals surface area contributed by atoms with E-state index in [9.17, 15) is 0 Å². The molecule has 6 heteroatoms. The number of piperidine rings is 1. The van der Waals surface area contributed by atoms with Crippen molar-refractivity contribution in [2.45, 2.75) is 25.4 Å². The molecule has 0 saturated carbocycles. The highest BCUT2D eigenvalue weighted by Gasteiger charge is 2.22. The van der Waals surface area contributed by atoms with Crippen LogP contribution in [0.5, 0.6) is 5.75 Å². The number of rotatable bonds is 6. The SMILES string of the molecule is CN=C(NCc1ccc(N2CC=CC2)cc1)NC1CCCN(c2ccccc2OC)C1. The van der Waals surface area contributed by atoms with Gasteiger partial charge >= 0.3 is 0 Å². The van der Waals surface area contributed by atoms with Crippen LogP contribution in [0.2, 0.25) is 0 Å². The highest BCUT2D eigenvalue weighted by atomic mass is 16.5. The highest BCUT2D eigenvalue weighted by Crippen LogP contribution is 2.29. The Morgan fingerprint density at radius 2 is 1.84 bits per heavy atom. The summed E-state index contributed by atoms with van der Waals surface area (Å²) >= 11 is 0. The number of aliphatic imine (C=N–C) groups is 1. The van der Waals surface area contributed by atoms with Crippen molar-refractivity contribution >= 4 is 17.3 Å². The summed E-state index contributed by atoms with van der Waals surface area (Å²) in [6, 6.07) is 17.4. The Labute approximate surface area is 185 Å². The van der Waals surface area contributed by atoms with Gasteiger partial charge in [0.1, 0.15) is 5.75 Å². The van der Waals surface area contributed by atoms with Crippen LogP contribution in [0, 0.1) is 0 Å². The molecule has 0 aromatic heterocycles. The van der Waals surface area contributed by atoms with Gasteiger partial charge in [-0.2, -0.15) is 0 Å². The number of hydrogen-bond acceptors (Lipinski definition) is 4. The van der Waals surface area contributed by atoms with Crippen molar-refractivity contribution in [2.24, 2.45) is 4.99 Å². The molecular weight excluding hydrogens is 386 g/mol. The summed E-state index contributed by atoms with van der Waals surface area (Å²) in [4.78, 5) is 9.20. The molecule has 2 aromatic rings. The van der Waals surface area contributed by atoms with Crippen molar-refractivity contribution in [3.63, 3.8) is 0 Å². The minimum atomic E-state index is 0.343. The van der Waals surface area contributed by atoms with Crippen LogP contribution in [0.25, 0.3) is 0 Å². The summed E-state index contributed by atoms with van der Waals surface area (Å²) in [7, 11) is 3.57. The number of hydrogen-bond donors (Lipinski definition) is 2. The van der Waals surface area contributed by atoms with Crippen molar-refractivity contribution < 1.29 is 4.74 Å². The fourth-order valence-corrected chi connectivity index (χ4v) is 4.29. The molecule has 164 valence electrons. The lowest BCUT2D eigenvalue weighted by atomic mass is 10.0. The van der Waals surface area contributed by atoms with E-state index in [1.807, 2.05) is 19.2 Å². The quantitative estimate of drug-likeness (QED) is 0.427. The van der Waals surface area contributed by atoms with Gasteiger partial charge in [-0.3, -0.25) is 4.99 Å². The Morgan fingerprint density at radius 1 is 1.06 bits per heavy atom. The first-order valence-corrected chi connectivity index (χ1v) is 11.1. The molecule has 0 spiro atoms. The second kappa shape index (κ2) is 10.2. The Balaban J connectivity index is 1.30. The molecule has 6 nitrogen and oxygen atoms in total. The highest BCUT2D eigenvalue weighted by molar-refractivity contribution is 5.80. The molecule has 0 amide bonds. The van der Waals surface area contributed by atoms with Crippen LogP contribution in [0.15, 0.2) is 65.7 Å². The predicted octanol–water partition coefficient (Wildman–Crippen LogP) is 3.41. The maximum atomic E-state index is 5.56. The number of methoxy groups -OCH3 is 1. The maximum Gasteiger partial charge on any atom is 0.191 e. The minimum Gasteiger partial charge on any atom is -0.495 e. The van der Waals surface area contributed by atoms with E-state index < -0.39 is 0 Å². The molecule has 2 aliphatic rings. The fourth-order valence-electron chi connectivity index (χ4n) is 4.29. The van der Waals surface area contributed by atoms with Gasteiger partial charge < -0.3 is 25.2 Å². The smallest absolute Gasteiger partial charge is 0.191 e. The van der Waals surface area contributed by atoms with E-state index in [-0.39, 0.29) is 0 Å². The van der Waals surface area contributed by atoms with Crippen molar-refractivity contribution in [3.8, 4) is 5.75 Å². The zero-order valence-corrected chi connectivity index (χ0v) is 18.6. The third kappa shape index (κ3) is 5.32. The van der Waals surface area contributed by atoms with E-state index in [4.69, 9.17) is 4.74 Å². The van der Waals surface area contributed by atoms with Gasteiger partial charge in [-0.05, 0) is 42.7 Å². The number of para-hydroxylation sites is 2. The van der Waals surface area contributed by atoms with Gasteiger partial charge in [0.2, 0.25) is 0 Å². The second-order valence-electron chi connectivity index (χ2n) is 8.07. The van der Waals surface area contributed by atoms with E-state index in [0.29, 0.717) is 6.04 Å². The first kappa shape index (κ1) is 21.1. The summed E-state index contributed by atoms with van der Waals surface area (Å²) < 4.78 is 5.56. The number of nitrogens with zero attached hydrogens (tertiary/aromatic N) is 3. The molecule has 31 heavy (non-hydrogen) atoms. The Bertz CT molecular complexity index is 900. The standard InChI is InChI=1S/C25H33N5O/c1-26-25(27-18-20-11-13-22(14-12-20)29-15-5-6-16-29)28-21-8-7-17-30(19-21)23-9-3-4-10-24(23)31-2/h3-6,9-14,21H,7-8,15-19H2,1-2H3,(H2,26,27,28). The molecule has 2 aromatic carbocycles. The monoisotopic (exact) mass is 419 g/mol. The molecule has 0 radical (unpaired) electrons. The maximum absolute atomic E-state index is 5.56. The second-order valence-corrected chi connectivity index (χ2v) is 8.07. The van der Waals surface area contributed by atoms with Gasteiger partial charge in [-0.1, -0.05) is 36.4 Å². The van der Waals surface area contributed by atoms with Gasteiger partial charge in [-0.15, -0.1) is 0 Å². The van der Waals surface area contributed by atoms with Crippen molar-refractivity contribution in [1.29, 1.82) is 0 Å². The number of guanidine groups is 1. The predicted molar refractivity (Wildman–Crippen MR) is 129 cm³/mol. The molecule has 1 unspecified atom stereocenters. The molecule has 4 rings (SSSR count). The molecule has 0 bridgehead atoms. The minimum absolute atomic E-state index is 0.343. The van der Waals surface area contributed by atoms with Gasteiger partial charge in [-0.25, -0.2) is 0 Å². The van der Waals surface area contributed by atoms with Gasteiger partial charge in [0.05, 0.1) is 12.8 Å². The summed E-state index contributed by atoms with van der Waals surface area (Å²) in [5, 5.41) is 7.08. The lowest BCUT2D eigenvalue weighted by molar-refractivity contribution is 0.408. The summed E-state index contributed by atoms with van der Waals surface area (Å²) in [5.74, 6) is 1.78. The first-order valence-electron chi connectivity index (χ1n) is 11.1. The normalized spacial score (nSPS) is 18.9. The van der Waals surface area contributed by atoms with Crippen LogP contribution >= 0.6 is 0 Å². The van der Waals surface area contributed by atoms with E-state index in [1.165, 1.54) is 11.3 Å². The van der Waals surface area contributed by atoms with Gasteiger partial charge in [0.25, 0.3) is 0 Å². The van der Waals surface area contributed by atoms with Gasteiger partial charge in [0, 0.05) is 51.5 Å². The van der Waals surface area contributed by atoms with E-state index in [0.717, 1.165) is 63.0 Å². The lowest BCUT2D eigenvalue weighted by Crippen LogP contribution is -2.51. The Hall–Kier alpha value is -3.15. The van der Waals surface area contributed by atoms with E-state index in [2.05, 4.69) is 74.0 Å². The van der Waals surface area contributed by atoms with Crippen molar-refractivity contribution in [1.82, 2.24) is 10.6 Å². The zero-order valence-electron chi connectivity index (χ0n) is 18.6. The van der Waals surface area contributed by atoms with Crippen LogP contribution < -0.4 is 25.2 Å². The molecule has 2 heterocycles. The average Bonchev–Trinajstić information content (AvgIpc) is 3.37. The van der Waals surface area contributed by atoms with Crippen LogP contribution in [0.4, 0.5) is 11.4 Å². The molecule has 2 aliphatic heterocycles. The first-order chi connectivity index (χ1) is 15.3. The van der Waals surface area contributed by atoms with Crippen molar-refractivity contribution in [3.05, 3.63) is 66.2 Å². The van der Waals surface area contributed by atoms with Crippen molar-refractivity contribution in [2.75, 3.05) is 50.1 Å². The molecular formula is C25H33N5O. The third-order valence-corrected chi connectivity index (χ3v) is 5.99. The summed E-state index contributed by atoms with van der Waals surface area (Å²) in [6.45, 7) is 4.73. The van der Waals surface area contributed by atoms with Crippen LogP contribution in [0.3, 0.4) is 0 Å². The Kier molecular flexibility index (Phi) is 6.97. The molecule has 2 N–H and O–H groups in total. The number of ether oxygens (including phenoxy) is 1. The largest absolute Gasteiger partial charge is 0.495 e. The van der Waals surface area contributed by atoms with Crippen LogP contribution in [0.1, 0.15) is 18.4 Å². The third-order valence-electron chi connectivity index (χ3n) is 5.99.